The van der Waals surface area contributed by atoms with Crippen LogP contribution < -0.4 is 5.73 Å². The van der Waals surface area contributed by atoms with E-state index < -0.39 is 0 Å². The van der Waals surface area contributed by atoms with Crippen molar-refractivity contribution < 1.29 is 0 Å². The van der Waals surface area contributed by atoms with Crippen molar-refractivity contribution in [2.75, 3.05) is 6.54 Å². The van der Waals surface area contributed by atoms with Crippen LogP contribution >= 0.6 is 27.3 Å². The molecule has 0 aliphatic heterocycles. The van der Waals surface area contributed by atoms with E-state index in [2.05, 4.69) is 52.3 Å². The Kier molecular flexibility index (Phi) is 3.79. The van der Waals surface area contributed by atoms with E-state index in [4.69, 9.17) is 5.73 Å². The summed E-state index contributed by atoms with van der Waals surface area (Å²) in [6.07, 6.45) is 4.60. The van der Waals surface area contributed by atoms with Gasteiger partial charge in [-0.15, -0.1) is 11.3 Å². The Morgan fingerprint density at radius 3 is 2.63 bits per heavy atom. The Labute approximate surface area is 127 Å². The van der Waals surface area contributed by atoms with Crippen molar-refractivity contribution in [3.63, 3.8) is 0 Å². The number of fused-ring (bicyclic) bond motifs is 1. The lowest BCUT2D eigenvalue weighted by Crippen LogP contribution is -2.38. The van der Waals surface area contributed by atoms with E-state index in [1.54, 1.807) is 0 Å². The fourth-order valence-corrected chi connectivity index (χ4v) is 4.74. The summed E-state index contributed by atoms with van der Waals surface area (Å²) in [6.45, 7) is 0.775. The highest BCUT2D eigenvalue weighted by atomic mass is 79.9. The standard InChI is InChI=1S/C16H18BrNS/c17-15-6-5-14(19-15)10-16(11-18)8-7-12-3-1-2-4-13(12)9-16/h1-6H,7-11,18H2. The van der Waals surface area contributed by atoms with Crippen LogP contribution in [0.1, 0.15) is 22.4 Å². The Balaban J connectivity index is 1.85. The maximum atomic E-state index is 6.14. The molecule has 0 spiro atoms. The van der Waals surface area contributed by atoms with Crippen molar-refractivity contribution in [2.45, 2.75) is 25.7 Å². The maximum Gasteiger partial charge on any atom is 0.0701 e. The van der Waals surface area contributed by atoms with Crippen LogP contribution in [0.25, 0.3) is 0 Å². The summed E-state index contributed by atoms with van der Waals surface area (Å²) in [4.78, 5) is 1.44. The van der Waals surface area contributed by atoms with Gasteiger partial charge < -0.3 is 5.73 Å². The number of rotatable bonds is 3. The Morgan fingerprint density at radius 1 is 1.16 bits per heavy atom. The highest BCUT2D eigenvalue weighted by Crippen LogP contribution is 2.39. The molecule has 0 radical (unpaired) electrons. The van der Waals surface area contributed by atoms with Gasteiger partial charge in [0, 0.05) is 4.88 Å². The molecule has 1 heterocycles. The largest absolute Gasteiger partial charge is 0.330 e. The molecule has 1 aliphatic rings. The van der Waals surface area contributed by atoms with Gasteiger partial charge in [0.25, 0.3) is 0 Å². The molecule has 1 aliphatic carbocycles. The zero-order chi connectivity index (χ0) is 13.3. The van der Waals surface area contributed by atoms with E-state index in [1.807, 2.05) is 11.3 Å². The van der Waals surface area contributed by atoms with E-state index >= 15 is 0 Å². The van der Waals surface area contributed by atoms with Crippen LogP contribution in [0.15, 0.2) is 40.2 Å². The third kappa shape index (κ3) is 2.78. The van der Waals surface area contributed by atoms with Gasteiger partial charge in [0.15, 0.2) is 0 Å². The first kappa shape index (κ1) is 13.3. The number of thiophene rings is 1. The fourth-order valence-electron chi connectivity index (χ4n) is 3.08. The van der Waals surface area contributed by atoms with Crippen LogP contribution in [0.4, 0.5) is 0 Å². The van der Waals surface area contributed by atoms with E-state index in [0.717, 1.165) is 19.4 Å². The minimum absolute atomic E-state index is 0.249. The summed E-state index contributed by atoms with van der Waals surface area (Å²) in [6, 6.07) is 13.2. The molecule has 1 aromatic carbocycles. The Bertz CT molecular complexity index is 578. The Morgan fingerprint density at radius 2 is 1.95 bits per heavy atom. The molecule has 1 atom stereocenters. The van der Waals surface area contributed by atoms with Gasteiger partial charge in [-0.1, -0.05) is 24.3 Å². The minimum Gasteiger partial charge on any atom is -0.330 e. The monoisotopic (exact) mass is 335 g/mol. The first-order chi connectivity index (χ1) is 9.21. The number of halogens is 1. The maximum absolute atomic E-state index is 6.14. The summed E-state index contributed by atoms with van der Waals surface area (Å²) >= 11 is 5.39. The number of aryl methyl sites for hydroxylation is 1. The second kappa shape index (κ2) is 5.39. The first-order valence-electron chi connectivity index (χ1n) is 6.72. The van der Waals surface area contributed by atoms with E-state index in [0.29, 0.717) is 0 Å². The van der Waals surface area contributed by atoms with Crippen molar-refractivity contribution >= 4 is 27.3 Å². The number of hydrogen-bond acceptors (Lipinski definition) is 2. The van der Waals surface area contributed by atoms with Gasteiger partial charge in [-0.3, -0.25) is 0 Å². The predicted molar refractivity (Wildman–Crippen MR) is 85.7 cm³/mol. The molecule has 0 saturated heterocycles. The molecule has 3 rings (SSSR count). The average molecular weight is 336 g/mol. The van der Waals surface area contributed by atoms with E-state index in [1.165, 1.54) is 32.6 Å². The summed E-state index contributed by atoms with van der Waals surface area (Å²) in [7, 11) is 0. The smallest absolute Gasteiger partial charge is 0.0701 e. The van der Waals surface area contributed by atoms with Gasteiger partial charge in [-0.05, 0) is 76.8 Å². The summed E-state index contributed by atoms with van der Waals surface area (Å²) in [5, 5.41) is 0. The molecule has 2 aromatic rings. The minimum atomic E-state index is 0.249. The van der Waals surface area contributed by atoms with Gasteiger partial charge in [0.05, 0.1) is 3.79 Å². The van der Waals surface area contributed by atoms with E-state index in [-0.39, 0.29) is 5.41 Å². The van der Waals surface area contributed by atoms with Gasteiger partial charge >= 0.3 is 0 Å². The number of hydrogen-bond donors (Lipinski definition) is 1. The molecule has 0 saturated carbocycles. The summed E-state index contributed by atoms with van der Waals surface area (Å²) in [5.74, 6) is 0. The third-order valence-corrected chi connectivity index (χ3v) is 5.84. The molecule has 0 bridgehead atoms. The molecule has 100 valence electrons. The van der Waals surface area contributed by atoms with E-state index in [9.17, 15) is 0 Å². The summed E-state index contributed by atoms with van der Waals surface area (Å²) < 4.78 is 1.21. The lowest BCUT2D eigenvalue weighted by Gasteiger charge is -2.37. The van der Waals surface area contributed by atoms with Gasteiger partial charge in [-0.2, -0.15) is 0 Å². The van der Waals surface area contributed by atoms with Crippen LogP contribution in [0, 0.1) is 5.41 Å². The molecule has 2 N–H and O–H groups in total. The predicted octanol–water partition coefficient (Wildman–Crippen LogP) is 4.19. The molecule has 0 amide bonds. The van der Waals surface area contributed by atoms with Gasteiger partial charge in [0.2, 0.25) is 0 Å². The second-order valence-corrected chi connectivity index (χ2v) is 8.08. The van der Waals surface area contributed by atoms with Crippen LogP contribution in [0.2, 0.25) is 0 Å². The molecule has 1 unspecified atom stereocenters. The SMILES string of the molecule is NCC1(Cc2ccc(Br)s2)CCc2ccccc2C1. The quantitative estimate of drug-likeness (QED) is 0.894. The molecule has 1 aromatic heterocycles. The number of benzene rings is 1. The van der Waals surface area contributed by atoms with Crippen molar-refractivity contribution in [2.24, 2.45) is 11.1 Å². The molecular formula is C16H18BrNS. The summed E-state index contributed by atoms with van der Waals surface area (Å²) in [5.41, 5.74) is 9.40. The Hall–Kier alpha value is -0.640. The second-order valence-electron chi connectivity index (χ2n) is 5.53. The van der Waals surface area contributed by atoms with Crippen molar-refractivity contribution in [1.82, 2.24) is 0 Å². The van der Waals surface area contributed by atoms with Crippen LogP contribution in [-0.4, -0.2) is 6.54 Å². The zero-order valence-corrected chi connectivity index (χ0v) is 13.3. The normalized spacial score (nSPS) is 22.2. The zero-order valence-electron chi connectivity index (χ0n) is 10.9. The highest BCUT2D eigenvalue weighted by Gasteiger charge is 2.33. The number of nitrogens with two attached hydrogens (primary N) is 1. The van der Waals surface area contributed by atoms with Crippen molar-refractivity contribution in [1.29, 1.82) is 0 Å². The molecule has 19 heavy (non-hydrogen) atoms. The van der Waals surface area contributed by atoms with Gasteiger partial charge in [-0.25, -0.2) is 0 Å². The first-order valence-corrected chi connectivity index (χ1v) is 8.33. The highest BCUT2D eigenvalue weighted by molar-refractivity contribution is 9.11. The lowest BCUT2D eigenvalue weighted by molar-refractivity contribution is 0.256. The van der Waals surface area contributed by atoms with Crippen LogP contribution in [-0.2, 0) is 19.3 Å². The van der Waals surface area contributed by atoms with Crippen LogP contribution in [0.5, 0.6) is 0 Å². The van der Waals surface area contributed by atoms with Crippen molar-refractivity contribution in [3.05, 3.63) is 56.2 Å². The molecule has 3 heteroatoms. The third-order valence-electron chi connectivity index (χ3n) is 4.22. The van der Waals surface area contributed by atoms with Crippen LogP contribution in [0.3, 0.4) is 0 Å². The van der Waals surface area contributed by atoms with Crippen molar-refractivity contribution in [3.8, 4) is 0 Å². The fraction of sp³-hybridized carbons (Fsp3) is 0.375. The molecule has 1 nitrogen and oxygen atoms in total. The molecule has 0 fully saturated rings. The molecular weight excluding hydrogens is 318 g/mol. The van der Waals surface area contributed by atoms with Gasteiger partial charge in [0.1, 0.15) is 0 Å². The topological polar surface area (TPSA) is 26.0 Å². The lowest BCUT2D eigenvalue weighted by atomic mass is 9.69. The average Bonchev–Trinajstić information content (AvgIpc) is 2.84.